The topological polar surface area (TPSA) is 61.3 Å². The molecule has 0 amide bonds. The first-order valence-electron chi connectivity index (χ1n) is 5.38. The minimum atomic E-state index is 0.367. The number of ether oxygens (including phenoxy) is 1. The number of thioether (sulfide) groups is 1. The third-order valence-corrected chi connectivity index (χ3v) is 3.79. The lowest BCUT2D eigenvalue weighted by Crippen LogP contribution is -2.30. The molecule has 0 saturated carbocycles. The van der Waals surface area contributed by atoms with Crippen molar-refractivity contribution in [2.75, 3.05) is 17.2 Å². The first kappa shape index (κ1) is 10.5. The quantitative estimate of drug-likeness (QED) is 0.903. The first-order valence-corrected chi connectivity index (χ1v) is 6.54. The Hall–Kier alpha value is -1.62. The average molecular weight is 248 g/mol. The smallest absolute Gasteiger partial charge is 0.169 e. The Balaban J connectivity index is 1.75. The van der Waals surface area contributed by atoms with E-state index in [1.807, 2.05) is 36.0 Å². The highest BCUT2D eigenvalue weighted by Gasteiger charge is 2.19. The number of nitrogens with two attached hydrogens (primary N) is 1. The summed E-state index contributed by atoms with van der Waals surface area (Å²) in [5, 5.41) is 3.65. The largest absolute Gasteiger partial charge is 0.489 e. The first-order chi connectivity index (χ1) is 8.31. The molecule has 0 aliphatic carbocycles. The van der Waals surface area contributed by atoms with Gasteiger partial charge in [0.15, 0.2) is 11.6 Å². The van der Waals surface area contributed by atoms with Crippen molar-refractivity contribution in [1.82, 2.24) is 5.16 Å². The molecule has 88 valence electrons. The highest BCUT2D eigenvalue weighted by molar-refractivity contribution is 8.00. The fourth-order valence-electron chi connectivity index (χ4n) is 1.60. The summed E-state index contributed by atoms with van der Waals surface area (Å²) in [7, 11) is 0. The van der Waals surface area contributed by atoms with Crippen molar-refractivity contribution < 1.29 is 9.26 Å². The van der Waals surface area contributed by atoms with Gasteiger partial charge in [0, 0.05) is 23.1 Å². The minimum absolute atomic E-state index is 0.367. The minimum Gasteiger partial charge on any atom is -0.489 e. The zero-order valence-electron chi connectivity index (χ0n) is 9.13. The summed E-state index contributed by atoms with van der Waals surface area (Å²) in [6, 6.07) is 9.48. The van der Waals surface area contributed by atoms with Gasteiger partial charge in [0.2, 0.25) is 0 Å². The molecular formula is C12H12N2O2S. The number of hydrogen-bond donors (Lipinski definition) is 1. The van der Waals surface area contributed by atoms with Gasteiger partial charge in [-0.1, -0.05) is 5.16 Å². The second-order valence-corrected chi connectivity index (χ2v) is 4.99. The van der Waals surface area contributed by atoms with Gasteiger partial charge in [-0.3, -0.25) is 0 Å². The lowest BCUT2D eigenvalue weighted by molar-refractivity contribution is 0.240. The summed E-state index contributed by atoms with van der Waals surface area (Å²) in [4.78, 5) is 0. The molecule has 2 aromatic rings. The third-order valence-electron chi connectivity index (χ3n) is 2.58. The molecule has 1 fully saturated rings. The fraction of sp³-hybridized carbons (Fsp3) is 0.250. The zero-order valence-corrected chi connectivity index (χ0v) is 9.94. The molecule has 2 heterocycles. The molecule has 1 aliphatic rings. The Bertz CT molecular complexity index is 505. The Morgan fingerprint density at radius 3 is 2.59 bits per heavy atom. The van der Waals surface area contributed by atoms with E-state index in [0.717, 1.165) is 22.8 Å². The Morgan fingerprint density at radius 2 is 2.06 bits per heavy atom. The summed E-state index contributed by atoms with van der Waals surface area (Å²) >= 11 is 1.91. The van der Waals surface area contributed by atoms with E-state index in [2.05, 4.69) is 5.16 Å². The predicted octanol–water partition coefficient (Wildman–Crippen LogP) is 2.42. The number of benzene rings is 1. The van der Waals surface area contributed by atoms with E-state index in [1.54, 1.807) is 6.07 Å². The van der Waals surface area contributed by atoms with E-state index in [9.17, 15) is 0 Å². The van der Waals surface area contributed by atoms with Crippen LogP contribution in [0.25, 0.3) is 11.3 Å². The van der Waals surface area contributed by atoms with Crippen LogP contribution in [0.15, 0.2) is 34.9 Å². The molecule has 1 aromatic heterocycles. The Kier molecular flexibility index (Phi) is 2.68. The SMILES string of the molecule is Nc1cc(-c2ccc(OC3CSC3)cc2)on1. The normalized spacial score (nSPS) is 15.5. The molecule has 0 radical (unpaired) electrons. The van der Waals surface area contributed by atoms with Gasteiger partial charge in [0.1, 0.15) is 11.9 Å². The van der Waals surface area contributed by atoms with E-state index < -0.39 is 0 Å². The second-order valence-electron chi connectivity index (χ2n) is 3.92. The summed E-state index contributed by atoms with van der Waals surface area (Å²) in [6.07, 6.45) is 0.367. The highest BCUT2D eigenvalue weighted by atomic mass is 32.2. The highest BCUT2D eigenvalue weighted by Crippen LogP contribution is 2.27. The maximum absolute atomic E-state index is 5.75. The van der Waals surface area contributed by atoms with Crippen LogP contribution in [0, 0.1) is 0 Å². The average Bonchev–Trinajstić information content (AvgIpc) is 2.71. The summed E-state index contributed by atoms with van der Waals surface area (Å²) in [5.74, 6) is 4.13. The van der Waals surface area contributed by atoms with Gasteiger partial charge < -0.3 is 15.0 Å². The molecule has 5 heteroatoms. The van der Waals surface area contributed by atoms with Crippen LogP contribution in [-0.2, 0) is 0 Å². The molecule has 4 nitrogen and oxygen atoms in total. The molecule has 0 bridgehead atoms. The van der Waals surface area contributed by atoms with Crippen LogP contribution in [0.2, 0.25) is 0 Å². The predicted molar refractivity (Wildman–Crippen MR) is 68.1 cm³/mol. The van der Waals surface area contributed by atoms with Crippen molar-refractivity contribution in [2.45, 2.75) is 6.10 Å². The number of rotatable bonds is 3. The van der Waals surface area contributed by atoms with Gasteiger partial charge in [-0.2, -0.15) is 11.8 Å². The summed E-state index contributed by atoms with van der Waals surface area (Å²) < 4.78 is 10.8. The molecule has 0 unspecified atom stereocenters. The lowest BCUT2D eigenvalue weighted by Gasteiger charge is -2.25. The van der Waals surface area contributed by atoms with Crippen LogP contribution >= 0.6 is 11.8 Å². The molecule has 1 saturated heterocycles. The van der Waals surface area contributed by atoms with E-state index in [1.165, 1.54) is 0 Å². The van der Waals surface area contributed by atoms with Crippen LogP contribution in [-0.4, -0.2) is 22.8 Å². The monoisotopic (exact) mass is 248 g/mol. The van der Waals surface area contributed by atoms with Crippen molar-refractivity contribution in [2.24, 2.45) is 0 Å². The number of hydrogen-bond acceptors (Lipinski definition) is 5. The van der Waals surface area contributed by atoms with Crippen molar-refractivity contribution in [3.05, 3.63) is 30.3 Å². The molecule has 3 rings (SSSR count). The van der Waals surface area contributed by atoms with Crippen LogP contribution in [0.4, 0.5) is 5.82 Å². The molecule has 0 atom stereocenters. The van der Waals surface area contributed by atoms with Crippen LogP contribution < -0.4 is 10.5 Å². The standard InChI is InChI=1S/C12H12N2O2S/c13-12-5-11(16-14-12)8-1-3-9(4-2-8)15-10-6-17-7-10/h1-5,10H,6-7H2,(H2,13,14). The van der Waals surface area contributed by atoms with Gasteiger partial charge in [0.25, 0.3) is 0 Å². The molecule has 1 aliphatic heterocycles. The molecule has 2 N–H and O–H groups in total. The number of anilines is 1. The van der Waals surface area contributed by atoms with Crippen molar-refractivity contribution in [1.29, 1.82) is 0 Å². The third kappa shape index (κ3) is 2.24. The second kappa shape index (κ2) is 4.33. The van der Waals surface area contributed by atoms with Gasteiger partial charge in [-0.15, -0.1) is 0 Å². The Morgan fingerprint density at radius 1 is 1.29 bits per heavy atom. The molecular weight excluding hydrogens is 236 g/mol. The van der Waals surface area contributed by atoms with Crippen LogP contribution in [0.3, 0.4) is 0 Å². The van der Waals surface area contributed by atoms with E-state index in [4.69, 9.17) is 15.0 Å². The molecule has 17 heavy (non-hydrogen) atoms. The number of nitrogen functional groups attached to an aromatic ring is 1. The molecule has 1 aromatic carbocycles. The van der Waals surface area contributed by atoms with E-state index in [0.29, 0.717) is 17.7 Å². The summed E-state index contributed by atoms with van der Waals surface area (Å²) in [5.41, 5.74) is 6.45. The number of aromatic nitrogens is 1. The van der Waals surface area contributed by atoms with Crippen LogP contribution in [0.5, 0.6) is 5.75 Å². The number of nitrogens with zero attached hydrogens (tertiary/aromatic N) is 1. The van der Waals surface area contributed by atoms with E-state index in [-0.39, 0.29) is 0 Å². The molecule has 0 spiro atoms. The zero-order chi connectivity index (χ0) is 11.7. The lowest BCUT2D eigenvalue weighted by atomic mass is 10.1. The van der Waals surface area contributed by atoms with Gasteiger partial charge in [-0.05, 0) is 24.3 Å². The van der Waals surface area contributed by atoms with Gasteiger partial charge in [-0.25, -0.2) is 0 Å². The van der Waals surface area contributed by atoms with Crippen LogP contribution in [0.1, 0.15) is 0 Å². The van der Waals surface area contributed by atoms with Gasteiger partial charge in [0.05, 0.1) is 0 Å². The summed E-state index contributed by atoms with van der Waals surface area (Å²) in [6.45, 7) is 0. The Labute approximate surface area is 103 Å². The van der Waals surface area contributed by atoms with E-state index >= 15 is 0 Å². The van der Waals surface area contributed by atoms with Crippen molar-refractivity contribution in [3.8, 4) is 17.1 Å². The maximum Gasteiger partial charge on any atom is 0.169 e. The van der Waals surface area contributed by atoms with Crippen molar-refractivity contribution >= 4 is 17.6 Å². The van der Waals surface area contributed by atoms with Crippen molar-refractivity contribution in [3.63, 3.8) is 0 Å². The maximum atomic E-state index is 5.75. The fourth-order valence-corrected chi connectivity index (χ4v) is 2.16. The van der Waals surface area contributed by atoms with Gasteiger partial charge >= 0.3 is 0 Å².